The lowest BCUT2D eigenvalue weighted by Crippen LogP contribution is -1.83. The zero-order chi connectivity index (χ0) is 6.41. The van der Waals surface area contributed by atoms with Gasteiger partial charge in [-0.1, -0.05) is 23.8 Å². The summed E-state index contributed by atoms with van der Waals surface area (Å²) in [4.78, 5) is 9.71. The van der Waals surface area contributed by atoms with Crippen molar-refractivity contribution in [2.24, 2.45) is 0 Å². The molecule has 0 radical (unpaired) electrons. The number of aliphatic carboxylic acids is 1. The number of carbonyl (C=O) groups is 1. The largest absolute Gasteiger partial charge is 0.478 e. The average molecular weight is 133 g/mol. The topological polar surface area (TPSA) is 37.3 Å². The van der Waals surface area contributed by atoms with Gasteiger partial charge in [0.1, 0.15) is 0 Å². The van der Waals surface area contributed by atoms with E-state index in [-0.39, 0.29) is 0 Å². The van der Waals surface area contributed by atoms with Crippen LogP contribution >= 0.6 is 11.6 Å². The Kier molecular flexibility index (Phi) is 3.98. The van der Waals surface area contributed by atoms with Crippen molar-refractivity contribution in [1.29, 1.82) is 0 Å². The van der Waals surface area contributed by atoms with Gasteiger partial charge in [0.2, 0.25) is 0 Å². The van der Waals surface area contributed by atoms with E-state index in [9.17, 15) is 4.79 Å². The lowest BCUT2D eigenvalue weighted by Gasteiger charge is -1.71. The van der Waals surface area contributed by atoms with Crippen LogP contribution in [0.15, 0.2) is 23.8 Å². The van der Waals surface area contributed by atoms with Crippen LogP contribution in [-0.4, -0.2) is 11.1 Å². The van der Waals surface area contributed by atoms with Crippen LogP contribution in [0.5, 0.6) is 0 Å². The normalized spacial score (nSPS) is 11.1. The molecule has 0 rings (SSSR count). The quantitative estimate of drug-likeness (QED) is 0.455. The average Bonchev–Trinajstić information content (AvgIpc) is 1.66. The third-order valence-electron chi connectivity index (χ3n) is 0.423. The molecule has 3 heteroatoms. The summed E-state index contributed by atoms with van der Waals surface area (Å²) in [5, 5.41) is 7.98. The van der Waals surface area contributed by atoms with Crippen LogP contribution in [0, 0.1) is 0 Å². The maximum absolute atomic E-state index is 9.71. The standard InChI is InChI=1S/C5H5ClO2/c6-4-2-1-3-5(7)8/h1-4H,(H,7,8)/b3-1+,4-2-. The molecule has 2 nitrogen and oxygen atoms in total. The summed E-state index contributed by atoms with van der Waals surface area (Å²) in [6.45, 7) is 0. The van der Waals surface area contributed by atoms with Gasteiger partial charge in [0, 0.05) is 11.6 Å². The maximum atomic E-state index is 9.71. The molecule has 44 valence electrons. The van der Waals surface area contributed by atoms with Crippen molar-refractivity contribution < 1.29 is 9.90 Å². The number of carboxylic acid groups (broad SMARTS) is 1. The molecule has 0 fully saturated rings. The van der Waals surface area contributed by atoms with Gasteiger partial charge in [-0.15, -0.1) is 0 Å². The molecule has 0 atom stereocenters. The van der Waals surface area contributed by atoms with E-state index in [0.29, 0.717) is 0 Å². The number of rotatable bonds is 2. The summed E-state index contributed by atoms with van der Waals surface area (Å²) in [6.07, 6.45) is 3.77. The summed E-state index contributed by atoms with van der Waals surface area (Å²) in [5.41, 5.74) is 1.24. The van der Waals surface area contributed by atoms with Crippen LogP contribution in [0.25, 0.3) is 0 Å². The van der Waals surface area contributed by atoms with Gasteiger partial charge in [-0.2, -0.15) is 0 Å². The van der Waals surface area contributed by atoms with E-state index in [1.54, 1.807) is 0 Å². The molecule has 0 spiro atoms. The number of allylic oxidation sites excluding steroid dienone is 2. The molecule has 0 aromatic carbocycles. The molecular weight excluding hydrogens is 128 g/mol. The Bertz CT molecular complexity index is 126. The minimum absolute atomic E-state index is 0.972. The SMILES string of the molecule is O=C(O)/C=C/C=C\Cl. The molecule has 0 saturated heterocycles. The van der Waals surface area contributed by atoms with E-state index in [0.717, 1.165) is 6.08 Å². The Balaban J connectivity index is 3.50. The van der Waals surface area contributed by atoms with Crippen LogP contribution in [0.3, 0.4) is 0 Å². The van der Waals surface area contributed by atoms with E-state index in [4.69, 9.17) is 16.7 Å². The first-order chi connectivity index (χ1) is 3.77. The highest BCUT2D eigenvalue weighted by Crippen LogP contribution is 1.79. The van der Waals surface area contributed by atoms with E-state index >= 15 is 0 Å². The van der Waals surface area contributed by atoms with E-state index in [2.05, 4.69) is 0 Å². The molecule has 0 saturated carbocycles. The molecule has 0 aliphatic heterocycles. The van der Waals surface area contributed by atoms with Crippen molar-refractivity contribution in [3.8, 4) is 0 Å². The molecule has 0 bridgehead atoms. The molecule has 0 aliphatic carbocycles. The molecule has 8 heavy (non-hydrogen) atoms. The molecule has 0 aliphatic rings. The molecule has 1 N–H and O–H groups in total. The van der Waals surface area contributed by atoms with Gasteiger partial charge >= 0.3 is 5.97 Å². The van der Waals surface area contributed by atoms with E-state index in [1.165, 1.54) is 17.7 Å². The van der Waals surface area contributed by atoms with Crippen LogP contribution in [-0.2, 0) is 4.79 Å². The van der Waals surface area contributed by atoms with Gasteiger partial charge in [-0.25, -0.2) is 4.79 Å². The zero-order valence-electron chi connectivity index (χ0n) is 4.04. The second-order valence-electron chi connectivity index (χ2n) is 1.02. The molecular formula is C5H5ClO2. The van der Waals surface area contributed by atoms with Crippen molar-refractivity contribution >= 4 is 17.6 Å². The van der Waals surface area contributed by atoms with Crippen molar-refractivity contribution in [3.05, 3.63) is 23.8 Å². The summed E-state index contributed by atoms with van der Waals surface area (Å²) in [6, 6.07) is 0. The summed E-state index contributed by atoms with van der Waals surface area (Å²) < 4.78 is 0. The van der Waals surface area contributed by atoms with Crippen molar-refractivity contribution in [1.82, 2.24) is 0 Å². The van der Waals surface area contributed by atoms with Gasteiger partial charge in [-0.3, -0.25) is 0 Å². The summed E-state index contributed by atoms with van der Waals surface area (Å²) in [5.74, 6) is -0.972. The second kappa shape index (κ2) is 4.40. The highest BCUT2D eigenvalue weighted by atomic mass is 35.5. The van der Waals surface area contributed by atoms with Crippen LogP contribution in [0.4, 0.5) is 0 Å². The lowest BCUT2D eigenvalue weighted by molar-refractivity contribution is -0.131. The molecule has 0 aromatic heterocycles. The highest BCUT2D eigenvalue weighted by molar-refractivity contribution is 6.25. The van der Waals surface area contributed by atoms with Crippen LogP contribution in [0.2, 0.25) is 0 Å². The van der Waals surface area contributed by atoms with Gasteiger partial charge in [0.05, 0.1) is 0 Å². The Labute approximate surface area is 52.1 Å². The minimum Gasteiger partial charge on any atom is -0.478 e. The number of halogens is 1. The van der Waals surface area contributed by atoms with Gasteiger partial charge in [-0.05, 0) is 0 Å². The summed E-state index contributed by atoms with van der Waals surface area (Å²) in [7, 11) is 0. The number of hydrogen-bond donors (Lipinski definition) is 1. The highest BCUT2D eigenvalue weighted by Gasteiger charge is 1.78. The van der Waals surface area contributed by atoms with Crippen molar-refractivity contribution in [2.45, 2.75) is 0 Å². The first kappa shape index (κ1) is 7.24. The number of carboxylic acids is 1. The fraction of sp³-hybridized carbons (Fsp3) is 0. The molecule has 0 amide bonds. The summed E-state index contributed by atoms with van der Waals surface area (Å²) >= 11 is 5.06. The van der Waals surface area contributed by atoms with Crippen molar-refractivity contribution in [3.63, 3.8) is 0 Å². The van der Waals surface area contributed by atoms with Crippen LogP contribution < -0.4 is 0 Å². The number of hydrogen-bond acceptors (Lipinski definition) is 1. The lowest BCUT2D eigenvalue weighted by atomic mass is 10.5. The predicted molar refractivity (Wildman–Crippen MR) is 31.8 cm³/mol. The minimum atomic E-state index is -0.972. The van der Waals surface area contributed by atoms with Gasteiger partial charge < -0.3 is 5.11 Å². The Hall–Kier alpha value is -0.760. The van der Waals surface area contributed by atoms with Gasteiger partial charge in [0.25, 0.3) is 0 Å². The third kappa shape index (κ3) is 5.24. The Morgan fingerprint density at radius 3 is 2.50 bits per heavy atom. The first-order valence-corrected chi connectivity index (χ1v) is 2.37. The predicted octanol–water partition coefficient (Wildman–Crippen LogP) is 1.38. The fourth-order valence-electron chi connectivity index (χ4n) is 0.180. The molecule has 0 heterocycles. The second-order valence-corrected chi connectivity index (χ2v) is 1.27. The monoisotopic (exact) mass is 132 g/mol. The Morgan fingerprint density at radius 2 is 2.12 bits per heavy atom. The van der Waals surface area contributed by atoms with E-state index < -0.39 is 5.97 Å². The maximum Gasteiger partial charge on any atom is 0.328 e. The molecule has 0 aromatic rings. The smallest absolute Gasteiger partial charge is 0.328 e. The fourth-order valence-corrected chi connectivity index (χ4v) is 0.264. The Morgan fingerprint density at radius 1 is 1.50 bits per heavy atom. The zero-order valence-corrected chi connectivity index (χ0v) is 4.80. The third-order valence-corrected chi connectivity index (χ3v) is 0.568. The first-order valence-electron chi connectivity index (χ1n) is 1.93. The van der Waals surface area contributed by atoms with Gasteiger partial charge in [0.15, 0.2) is 0 Å². The molecule has 0 unspecified atom stereocenters. The van der Waals surface area contributed by atoms with E-state index in [1.807, 2.05) is 0 Å². The van der Waals surface area contributed by atoms with Crippen molar-refractivity contribution in [2.75, 3.05) is 0 Å². The van der Waals surface area contributed by atoms with Crippen LogP contribution in [0.1, 0.15) is 0 Å².